The van der Waals surface area contributed by atoms with Crippen LogP contribution in [-0.4, -0.2) is 63.1 Å². The van der Waals surface area contributed by atoms with E-state index in [0.717, 1.165) is 44.2 Å². The number of carbonyl (C=O) groups is 1. The molecule has 0 spiro atoms. The van der Waals surface area contributed by atoms with Crippen LogP contribution in [-0.2, 0) is 4.79 Å². The number of hydrogen-bond donors (Lipinski definition) is 3. The van der Waals surface area contributed by atoms with E-state index in [2.05, 4.69) is 38.0 Å². The molecule has 3 rings (SSSR count). The smallest absolute Gasteiger partial charge is 0.221 e. The Bertz CT molecular complexity index is 712. The Hall–Kier alpha value is -2.28. The molecule has 1 atom stereocenters. The SMILES string of the molecule is CN=C(NCCC(=O)NC1CCCCC1)NCC(c1ccccc1OC)N1CCCC1. The Balaban J connectivity index is 1.49. The quantitative estimate of drug-likeness (QED) is 0.416. The zero-order chi connectivity index (χ0) is 21.9. The molecule has 0 radical (unpaired) electrons. The number of carbonyl (C=O) groups excluding carboxylic acids is 1. The number of aliphatic imine (C=N–C) groups is 1. The van der Waals surface area contributed by atoms with Gasteiger partial charge in [-0.15, -0.1) is 0 Å². The van der Waals surface area contributed by atoms with Crippen molar-refractivity contribution in [2.24, 2.45) is 4.99 Å². The third-order valence-corrected chi connectivity index (χ3v) is 6.38. The van der Waals surface area contributed by atoms with E-state index in [1.54, 1.807) is 14.2 Å². The lowest BCUT2D eigenvalue weighted by atomic mass is 9.95. The first-order valence-corrected chi connectivity index (χ1v) is 11.8. The molecule has 7 heteroatoms. The van der Waals surface area contributed by atoms with Gasteiger partial charge in [0.05, 0.1) is 13.2 Å². The summed E-state index contributed by atoms with van der Waals surface area (Å²) in [4.78, 5) is 19.1. The molecule has 1 amide bonds. The van der Waals surface area contributed by atoms with Gasteiger partial charge < -0.3 is 20.7 Å². The van der Waals surface area contributed by atoms with Gasteiger partial charge in [0.2, 0.25) is 5.91 Å². The van der Waals surface area contributed by atoms with Gasteiger partial charge in [0, 0.05) is 38.2 Å². The van der Waals surface area contributed by atoms with Crippen molar-refractivity contribution in [3.8, 4) is 5.75 Å². The Kier molecular flexibility index (Phi) is 9.46. The molecule has 1 unspecified atom stereocenters. The Morgan fingerprint density at radius 2 is 1.87 bits per heavy atom. The van der Waals surface area contributed by atoms with Crippen molar-refractivity contribution in [1.82, 2.24) is 20.9 Å². The number of methoxy groups -OCH3 is 1. The van der Waals surface area contributed by atoms with Crippen molar-refractivity contribution in [3.63, 3.8) is 0 Å². The summed E-state index contributed by atoms with van der Waals surface area (Å²) in [6.07, 6.45) is 8.90. The van der Waals surface area contributed by atoms with Gasteiger partial charge in [0.25, 0.3) is 0 Å². The number of nitrogens with zero attached hydrogens (tertiary/aromatic N) is 2. The standard InChI is InChI=1S/C24H39N5O2/c1-25-24(26-15-14-23(30)28-19-10-4-3-5-11-19)27-18-21(29-16-8-9-17-29)20-12-6-7-13-22(20)31-2/h6-7,12-13,19,21H,3-5,8-11,14-18H2,1-2H3,(H,28,30)(H2,25,26,27). The van der Waals surface area contributed by atoms with Gasteiger partial charge >= 0.3 is 0 Å². The average Bonchev–Trinajstić information content (AvgIpc) is 3.33. The van der Waals surface area contributed by atoms with Crippen LogP contribution in [0.3, 0.4) is 0 Å². The van der Waals surface area contributed by atoms with Gasteiger partial charge in [-0.1, -0.05) is 37.5 Å². The van der Waals surface area contributed by atoms with E-state index in [4.69, 9.17) is 4.74 Å². The maximum Gasteiger partial charge on any atom is 0.221 e. The highest BCUT2D eigenvalue weighted by Crippen LogP contribution is 2.31. The number of likely N-dealkylation sites (tertiary alicyclic amines) is 1. The molecule has 1 aromatic carbocycles. The summed E-state index contributed by atoms with van der Waals surface area (Å²) in [5.41, 5.74) is 1.20. The summed E-state index contributed by atoms with van der Waals surface area (Å²) >= 11 is 0. The normalized spacial score (nSPS) is 19.1. The first-order chi connectivity index (χ1) is 15.2. The molecule has 1 saturated carbocycles. The number of rotatable bonds is 9. The van der Waals surface area contributed by atoms with E-state index in [9.17, 15) is 4.79 Å². The lowest BCUT2D eigenvalue weighted by Crippen LogP contribution is -2.44. The highest BCUT2D eigenvalue weighted by Gasteiger charge is 2.26. The van der Waals surface area contributed by atoms with Crippen LogP contribution in [0.15, 0.2) is 29.3 Å². The van der Waals surface area contributed by atoms with E-state index in [1.807, 2.05) is 12.1 Å². The van der Waals surface area contributed by atoms with Crippen molar-refractivity contribution in [1.29, 1.82) is 0 Å². The van der Waals surface area contributed by atoms with Crippen LogP contribution >= 0.6 is 0 Å². The summed E-state index contributed by atoms with van der Waals surface area (Å²) in [5, 5.41) is 9.93. The van der Waals surface area contributed by atoms with E-state index in [0.29, 0.717) is 19.0 Å². The molecule has 1 aromatic rings. The average molecular weight is 430 g/mol. The van der Waals surface area contributed by atoms with Gasteiger partial charge in [-0.05, 0) is 44.8 Å². The summed E-state index contributed by atoms with van der Waals surface area (Å²) in [6.45, 7) is 3.49. The summed E-state index contributed by atoms with van der Waals surface area (Å²) in [6, 6.07) is 8.83. The van der Waals surface area contributed by atoms with Gasteiger partial charge in [-0.2, -0.15) is 0 Å². The minimum Gasteiger partial charge on any atom is -0.496 e. The number of guanidine groups is 1. The molecular weight excluding hydrogens is 390 g/mol. The van der Waals surface area contributed by atoms with Gasteiger partial charge in [0.1, 0.15) is 5.75 Å². The fourth-order valence-corrected chi connectivity index (χ4v) is 4.69. The van der Waals surface area contributed by atoms with E-state index in [-0.39, 0.29) is 11.9 Å². The van der Waals surface area contributed by atoms with Gasteiger partial charge in [0.15, 0.2) is 5.96 Å². The molecule has 172 valence electrons. The van der Waals surface area contributed by atoms with Crippen LogP contribution in [0.1, 0.15) is 63.0 Å². The lowest BCUT2D eigenvalue weighted by Gasteiger charge is -2.30. The minimum absolute atomic E-state index is 0.124. The number of amides is 1. The van der Waals surface area contributed by atoms with E-state index < -0.39 is 0 Å². The van der Waals surface area contributed by atoms with Crippen LogP contribution in [0.2, 0.25) is 0 Å². The molecule has 2 aliphatic rings. The molecule has 1 aliphatic heterocycles. The van der Waals surface area contributed by atoms with E-state index >= 15 is 0 Å². The van der Waals surface area contributed by atoms with Crippen LogP contribution in [0.25, 0.3) is 0 Å². The lowest BCUT2D eigenvalue weighted by molar-refractivity contribution is -0.121. The highest BCUT2D eigenvalue weighted by molar-refractivity contribution is 5.81. The predicted molar refractivity (Wildman–Crippen MR) is 126 cm³/mol. The maximum atomic E-state index is 12.2. The first-order valence-electron chi connectivity index (χ1n) is 11.8. The second-order valence-electron chi connectivity index (χ2n) is 8.53. The fraction of sp³-hybridized carbons (Fsp3) is 0.667. The number of nitrogens with one attached hydrogen (secondary N) is 3. The number of ether oxygens (including phenoxy) is 1. The number of hydrogen-bond acceptors (Lipinski definition) is 4. The summed E-state index contributed by atoms with van der Waals surface area (Å²) < 4.78 is 5.63. The predicted octanol–water partition coefficient (Wildman–Crippen LogP) is 2.84. The number of benzene rings is 1. The summed E-state index contributed by atoms with van der Waals surface area (Å²) in [5.74, 6) is 1.77. The Morgan fingerprint density at radius 1 is 1.13 bits per heavy atom. The van der Waals surface area contributed by atoms with Crippen LogP contribution in [0.4, 0.5) is 0 Å². The molecule has 1 heterocycles. The van der Waals surface area contributed by atoms with Crippen molar-refractivity contribution in [3.05, 3.63) is 29.8 Å². The van der Waals surface area contributed by atoms with E-state index in [1.165, 1.54) is 37.7 Å². The molecule has 3 N–H and O–H groups in total. The minimum atomic E-state index is 0.124. The van der Waals surface area contributed by atoms with Crippen LogP contribution in [0, 0.1) is 0 Å². The zero-order valence-corrected chi connectivity index (χ0v) is 19.2. The van der Waals surface area contributed by atoms with Crippen LogP contribution in [0.5, 0.6) is 5.75 Å². The monoisotopic (exact) mass is 429 g/mol. The third kappa shape index (κ3) is 7.13. The molecule has 7 nitrogen and oxygen atoms in total. The molecule has 31 heavy (non-hydrogen) atoms. The molecule has 1 saturated heterocycles. The fourth-order valence-electron chi connectivity index (χ4n) is 4.69. The van der Waals surface area contributed by atoms with Crippen molar-refractivity contribution < 1.29 is 9.53 Å². The molecule has 1 aliphatic carbocycles. The van der Waals surface area contributed by atoms with Crippen molar-refractivity contribution in [2.45, 2.75) is 63.5 Å². The maximum absolute atomic E-state index is 12.2. The number of para-hydroxylation sites is 1. The van der Waals surface area contributed by atoms with Crippen molar-refractivity contribution >= 4 is 11.9 Å². The van der Waals surface area contributed by atoms with Crippen molar-refractivity contribution in [2.75, 3.05) is 40.3 Å². The first kappa shape index (κ1) is 23.4. The zero-order valence-electron chi connectivity index (χ0n) is 19.2. The largest absolute Gasteiger partial charge is 0.496 e. The van der Waals surface area contributed by atoms with Gasteiger partial charge in [-0.3, -0.25) is 14.7 Å². The van der Waals surface area contributed by atoms with Gasteiger partial charge in [-0.25, -0.2) is 0 Å². The summed E-state index contributed by atoms with van der Waals surface area (Å²) in [7, 11) is 3.50. The Labute approximate surface area is 187 Å². The molecule has 0 aromatic heterocycles. The molecule has 0 bridgehead atoms. The molecular formula is C24H39N5O2. The highest BCUT2D eigenvalue weighted by atomic mass is 16.5. The van der Waals surface area contributed by atoms with Crippen LogP contribution < -0.4 is 20.7 Å². The topological polar surface area (TPSA) is 78.0 Å². The third-order valence-electron chi connectivity index (χ3n) is 6.38. The second kappa shape index (κ2) is 12.5. The second-order valence-corrected chi connectivity index (χ2v) is 8.53. The molecule has 2 fully saturated rings. The Morgan fingerprint density at radius 3 is 2.58 bits per heavy atom.